The minimum Gasteiger partial charge on any atom is -0.325 e. The second kappa shape index (κ2) is 3.85. The lowest BCUT2D eigenvalue weighted by molar-refractivity contribution is 0.341. The molecular weight excluding hydrogens is 166 g/mol. The van der Waals surface area contributed by atoms with Crippen molar-refractivity contribution in [1.82, 2.24) is 20.3 Å². The summed E-state index contributed by atoms with van der Waals surface area (Å²) < 4.78 is 1.92. The first-order valence-corrected chi connectivity index (χ1v) is 4.71. The number of nitrogens with zero attached hydrogens (tertiary/aromatic N) is 3. The highest BCUT2D eigenvalue weighted by Crippen LogP contribution is 2.14. The predicted octanol–water partition coefficient (Wildman–Crippen LogP) is -0.339. The first-order chi connectivity index (χ1) is 6.40. The molecule has 1 aromatic rings. The second-order valence-electron chi connectivity index (χ2n) is 3.39. The minimum atomic E-state index is 0.460. The zero-order chi connectivity index (χ0) is 9.10. The summed E-state index contributed by atoms with van der Waals surface area (Å²) in [5.74, 6) is 0. The van der Waals surface area contributed by atoms with Gasteiger partial charge in [-0.2, -0.15) is 0 Å². The maximum Gasteiger partial charge on any atom is 0.0962 e. The van der Waals surface area contributed by atoms with Crippen LogP contribution in [-0.2, 0) is 6.54 Å². The maximum absolute atomic E-state index is 5.46. The number of hydrogen-bond acceptors (Lipinski definition) is 4. The van der Waals surface area contributed by atoms with E-state index in [9.17, 15) is 0 Å². The summed E-state index contributed by atoms with van der Waals surface area (Å²) in [4.78, 5) is 0. The molecule has 2 heterocycles. The molecule has 1 aromatic heterocycles. The van der Waals surface area contributed by atoms with Crippen LogP contribution < -0.4 is 11.1 Å². The summed E-state index contributed by atoms with van der Waals surface area (Å²) in [5.41, 5.74) is 6.33. The number of hydrogen-bond donors (Lipinski definition) is 2. The zero-order valence-electron chi connectivity index (χ0n) is 7.61. The highest BCUT2D eigenvalue weighted by molar-refractivity contribution is 4.92. The van der Waals surface area contributed by atoms with Gasteiger partial charge in [0.15, 0.2) is 0 Å². The molecule has 2 rings (SSSR count). The first kappa shape index (κ1) is 8.65. The molecule has 0 amide bonds. The van der Waals surface area contributed by atoms with E-state index >= 15 is 0 Å². The Morgan fingerprint density at radius 3 is 3.23 bits per heavy atom. The molecule has 1 atom stereocenters. The van der Waals surface area contributed by atoms with Crippen LogP contribution in [-0.4, -0.2) is 28.1 Å². The van der Waals surface area contributed by atoms with Gasteiger partial charge in [-0.05, 0) is 19.4 Å². The number of rotatable bonds is 2. The molecule has 0 saturated carbocycles. The van der Waals surface area contributed by atoms with Crippen LogP contribution in [0.25, 0.3) is 0 Å². The molecule has 0 unspecified atom stereocenters. The van der Waals surface area contributed by atoms with E-state index in [1.807, 2.05) is 10.9 Å². The van der Waals surface area contributed by atoms with Gasteiger partial charge in [0, 0.05) is 13.1 Å². The molecule has 13 heavy (non-hydrogen) atoms. The zero-order valence-corrected chi connectivity index (χ0v) is 7.61. The van der Waals surface area contributed by atoms with Gasteiger partial charge in [-0.25, -0.2) is 4.68 Å². The van der Waals surface area contributed by atoms with E-state index in [1.165, 1.54) is 12.8 Å². The standard InChI is InChI=1S/C8H15N5/c9-4-7-6-13(12-11-7)8-2-1-3-10-5-8/h6,8,10H,1-5,9H2/t8-/m0/s1. The van der Waals surface area contributed by atoms with Crippen molar-refractivity contribution in [2.75, 3.05) is 13.1 Å². The summed E-state index contributed by atoms with van der Waals surface area (Å²) in [7, 11) is 0. The van der Waals surface area contributed by atoms with E-state index in [4.69, 9.17) is 5.73 Å². The topological polar surface area (TPSA) is 68.8 Å². The van der Waals surface area contributed by atoms with Crippen molar-refractivity contribution in [1.29, 1.82) is 0 Å². The number of aromatic nitrogens is 3. The van der Waals surface area contributed by atoms with Gasteiger partial charge >= 0.3 is 0 Å². The fraction of sp³-hybridized carbons (Fsp3) is 0.750. The van der Waals surface area contributed by atoms with Gasteiger partial charge in [0.25, 0.3) is 0 Å². The van der Waals surface area contributed by atoms with E-state index in [0.29, 0.717) is 12.6 Å². The third-order valence-electron chi connectivity index (χ3n) is 2.41. The van der Waals surface area contributed by atoms with E-state index in [1.54, 1.807) is 0 Å². The van der Waals surface area contributed by atoms with Crippen molar-refractivity contribution in [3.05, 3.63) is 11.9 Å². The molecule has 1 saturated heterocycles. The van der Waals surface area contributed by atoms with Crippen LogP contribution in [0.5, 0.6) is 0 Å². The number of nitrogens with one attached hydrogen (secondary N) is 1. The van der Waals surface area contributed by atoms with Crippen LogP contribution in [0.1, 0.15) is 24.6 Å². The Balaban J connectivity index is 2.05. The van der Waals surface area contributed by atoms with Crippen molar-refractivity contribution in [2.45, 2.75) is 25.4 Å². The molecule has 0 spiro atoms. The quantitative estimate of drug-likeness (QED) is 0.655. The molecule has 5 heteroatoms. The van der Waals surface area contributed by atoms with Crippen molar-refractivity contribution in [3.63, 3.8) is 0 Å². The third-order valence-corrected chi connectivity index (χ3v) is 2.41. The predicted molar refractivity (Wildman–Crippen MR) is 49.1 cm³/mol. The Morgan fingerprint density at radius 2 is 2.62 bits per heavy atom. The van der Waals surface area contributed by atoms with Crippen molar-refractivity contribution in [2.24, 2.45) is 5.73 Å². The van der Waals surface area contributed by atoms with Gasteiger partial charge < -0.3 is 11.1 Å². The molecule has 1 fully saturated rings. The van der Waals surface area contributed by atoms with E-state index in [2.05, 4.69) is 15.6 Å². The molecule has 72 valence electrons. The van der Waals surface area contributed by atoms with Gasteiger partial charge in [0.1, 0.15) is 0 Å². The van der Waals surface area contributed by atoms with E-state index < -0.39 is 0 Å². The molecule has 1 aliphatic heterocycles. The highest BCUT2D eigenvalue weighted by Gasteiger charge is 2.15. The molecule has 3 N–H and O–H groups in total. The van der Waals surface area contributed by atoms with Crippen LogP contribution in [0.3, 0.4) is 0 Å². The van der Waals surface area contributed by atoms with Gasteiger partial charge in [0.2, 0.25) is 0 Å². The molecule has 0 aromatic carbocycles. The fourth-order valence-corrected chi connectivity index (χ4v) is 1.64. The average molecular weight is 181 g/mol. The van der Waals surface area contributed by atoms with E-state index in [-0.39, 0.29) is 0 Å². The molecule has 0 radical (unpaired) electrons. The Labute approximate surface area is 77.3 Å². The van der Waals surface area contributed by atoms with Gasteiger partial charge in [0.05, 0.1) is 17.9 Å². The minimum absolute atomic E-state index is 0.460. The van der Waals surface area contributed by atoms with Crippen molar-refractivity contribution in [3.8, 4) is 0 Å². The summed E-state index contributed by atoms with van der Waals surface area (Å²) in [5, 5.41) is 11.4. The van der Waals surface area contributed by atoms with Crippen molar-refractivity contribution >= 4 is 0 Å². The van der Waals surface area contributed by atoms with Crippen LogP contribution >= 0.6 is 0 Å². The monoisotopic (exact) mass is 181 g/mol. The molecular formula is C8H15N5. The highest BCUT2D eigenvalue weighted by atomic mass is 15.4. The second-order valence-corrected chi connectivity index (χ2v) is 3.39. The van der Waals surface area contributed by atoms with Gasteiger partial charge in [-0.15, -0.1) is 5.10 Å². The lowest BCUT2D eigenvalue weighted by atomic mass is 10.1. The molecule has 0 aliphatic carbocycles. The summed E-state index contributed by atoms with van der Waals surface area (Å²) in [6, 6.07) is 0.460. The summed E-state index contributed by atoms with van der Waals surface area (Å²) in [6.45, 7) is 2.59. The SMILES string of the molecule is NCc1cn([C@H]2CCCNC2)nn1. The normalized spacial score (nSPS) is 23.3. The number of piperidine rings is 1. The Bertz CT molecular complexity index is 263. The van der Waals surface area contributed by atoms with Gasteiger partial charge in [-0.1, -0.05) is 5.21 Å². The van der Waals surface area contributed by atoms with Crippen LogP contribution in [0.4, 0.5) is 0 Å². The fourth-order valence-electron chi connectivity index (χ4n) is 1.64. The van der Waals surface area contributed by atoms with Crippen LogP contribution in [0, 0.1) is 0 Å². The number of nitrogens with two attached hydrogens (primary N) is 1. The molecule has 1 aliphatic rings. The summed E-state index contributed by atoms with van der Waals surface area (Å²) >= 11 is 0. The smallest absolute Gasteiger partial charge is 0.0962 e. The lowest BCUT2D eigenvalue weighted by Crippen LogP contribution is -2.31. The largest absolute Gasteiger partial charge is 0.325 e. The van der Waals surface area contributed by atoms with E-state index in [0.717, 1.165) is 18.8 Å². The average Bonchev–Trinajstić information content (AvgIpc) is 2.67. The third kappa shape index (κ3) is 1.87. The molecule has 5 nitrogen and oxygen atoms in total. The Hall–Kier alpha value is -0.940. The van der Waals surface area contributed by atoms with Gasteiger partial charge in [-0.3, -0.25) is 0 Å². The molecule has 0 bridgehead atoms. The Kier molecular flexibility index (Phi) is 2.56. The maximum atomic E-state index is 5.46. The Morgan fingerprint density at radius 1 is 1.69 bits per heavy atom. The summed E-state index contributed by atoms with van der Waals surface area (Å²) in [6.07, 6.45) is 4.33. The lowest BCUT2D eigenvalue weighted by Gasteiger charge is -2.22. The van der Waals surface area contributed by atoms with Crippen LogP contribution in [0.15, 0.2) is 6.20 Å². The van der Waals surface area contributed by atoms with Crippen molar-refractivity contribution < 1.29 is 0 Å². The van der Waals surface area contributed by atoms with Crippen LogP contribution in [0.2, 0.25) is 0 Å². The first-order valence-electron chi connectivity index (χ1n) is 4.71.